The predicted octanol–water partition coefficient (Wildman–Crippen LogP) is 2.09. The zero-order valence-corrected chi connectivity index (χ0v) is 12.3. The van der Waals surface area contributed by atoms with E-state index < -0.39 is 9.84 Å². The van der Waals surface area contributed by atoms with Gasteiger partial charge in [0.15, 0.2) is 9.84 Å². The predicted molar refractivity (Wildman–Crippen MR) is 78.9 cm³/mol. The Kier molecular flexibility index (Phi) is 4.63. The molecule has 1 aliphatic rings. The Hall–Kier alpha value is -0.870. The zero-order valence-electron chi connectivity index (χ0n) is 11.5. The first-order valence-electron chi connectivity index (χ1n) is 7.08. The number of nitrogens with two attached hydrogens (primary N) is 1. The second-order valence-corrected chi connectivity index (χ2v) is 7.78. The molecule has 0 saturated carbocycles. The summed E-state index contributed by atoms with van der Waals surface area (Å²) in [6.45, 7) is 2.12. The topological polar surface area (TPSA) is 60.2 Å². The molecule has 0 aliphatic carbocycles. The van der Waals surface area contributed by atoms with Gasteiger partial charge in [-0.2, -0.15) is 0 Å². The van der Waals surface area contributed by atoms with Gasteiger partial charge in [0, 0.05) is 6.04 Å². The Morgan fingerprint density at radius 1 is 1.21 bits per heavy atom. The van der Waals surface area contributed by atoms with Gasteiger partial charge in [0.05, 0.1) is 11.0 Å². The molecule has 106 valence electrons. The highest BCUT2D eigenvalue weighted by Crippen LogP contribution is 2.23. The highest BCUT2D eigenvalue weighted by atomic mass is 32.2. The van der Waals surface area contributed by atoms with Crippen molar-refractivity contribution in [1.29, 1.82) is 0 Å². The third-order valence-electron chi connectivity index (χ3n) is 4.01. The molecule has 4 heteroatoms. The summed E-state index contributed by atoms with van der Waals surface area (Å²) in [6, 6.07) is 8.04. The maximum Gasteiger partial charge on any atom is 0.154 e. The van der Waals surface area contributed by atoms with Gasteiger partial charge < -0.3 is 5.73 Å². The van der Waals surface area contributed by atoms with Crippen molar-refractivity contribution in [2.45, 2.75) is 50.3 Å². The number of hydrogen-bond acceptors (Lipinski definition) is 3. The van der Waals surface area contributed by atoms with Gasteiger partial charge in [-0.3, -0.25) is 0 Å². The monoisotopic (exact) mass is 281 g/mol. The lowest BCUT2D eigenvalue weighted by atomic mass is 9.99. The molecule has 3 nitrogen and oxygen atoms in total. The molecule has 0 bridgehead atoms. The number of aryl methyl sites for hydroxylation is 1. The summed E-state index contributed by atoms with van der Waals surface area (Å²) >= 11 is 0. The van der Waals surface area contributed by atoms with E-state index in [1.54, 1.807) is 0 Å². The number of benzene rings is 1. The summed E-state index contributed by atoms with van der Waals surface area (Å²) in [4.78, 5) is 0. The van der Waals surface area contributed by atoms with Crippen molar-refractivity contribution in [1.82, 2.24) is 0 Å². The fourth-order valence-corrected chi connectivity index (χ4v) is 4.84. The zero-order chi connectivity index (χ0) is 13.9. The minimum Gasteiger partial charge on any atom is -0.326 e. The summed E-state index contributed by atoms with van der Waals surface area (Å²) < 4.78 is 24.1. The SMILES string of the molecule is CCc1ccc(CC(N)C2CCCCS2(=O)=O)cc1. The number of sulfone groups is 1. The molecule has 1 heterocycles. The molecule has 1 aromatic rings. The first kappa shape index (κ1) is 14.5. The van der Waals surface area contributed by atoms with Gasteiger partial charge in [-0.15, -0.1) is 0 Å². The summed E-state index contributed by atoms with van der Waals surface area (Å²) in [5.74, 6) is 0.306. The van der Waals surface area contributed by atoms with E-state index in [0.717, 1.165) is 31.2 Å². The molecule has 1 aromatic carbocycles. The van der Waals surface area contributed by atoms with Crippen LogP contribution in [0.3, 0.4) is 0 Å². The van der Waals surface area contributed by atoms with E-state index in [0.29, 0.717) is 12.2 Å². The molecular weight excluding hydrogens is 258 g/mol. The fourth-order valence-electron chi connectivity index (χ4n) is 2.77. The normalized spacial score (nSPS) is 24.0. The van der Waals surface area contributed by atoms with Crippen molar-refractivity contribution < 1.29 is 8.42 Å². The maximum atomic E-state index is 12.0. The molecule has 0 radical (unpaired) electrons. The quantitative estimate of drug-likeness (QED) is 0.919. The highest BCUT2D eigenvalue weighted by molar-refractivity contribution is 7.92. The average molecular weight is 281 g/mol. The molecule has 1 saturated heterocycles. The van der Waals surface area contributed by atoms with E-state index in [1.165, 1.54) is 5.56 Å². The molecule has 2 N–H and O–H groups in total. The molecule has 0 amide bonds. The van der Waals surface area contributed by atoms with Crippen LogP contribution < -0.4 is 5.73 Å². The molecule has 2 unspecified atom stereocenters. The van der Waals surface area contributed by atoms with E-state index >= 15 is 0 Å². The van der Waals surface area contributed by atoms with Gasteiger partial charge >= 0.3 is 0 Å². The van der Waals surface area contributed by atoms with E-state index in [1.807, 2.05) is 0 Å². The van der Waals surface area contributed by atoms with E-state index in [4.69, 9.17) is 5.73 Å². The van der Waals surface area contributed by atoms with Gasteiger partial charge in [-0.05, 0) is 36.8 Å². The summed E-state index contributed by atoms with van der Waals surface area (Å²) in [6.07, 6.45) is 4.15. The minimum absolute atomic E-state index is 0.280. The maximum absolute atomic E-state index is 12.0. The lowest BCUT2D eigenvalue weighted by molar-refractivity contribution is 0.495. The lowest BCUT2D eigenvalue weighted by Gasteiger charge is -2.27. The molecule has 2 atom stereocenters. The van der Waals surface area contributed by atoms with Crippen molar-refractivity contribution in [3.05, 3.63) is 35.4 Å². The van der Waals surface area contributed by atoms with Crippen LogP contribution in [-0.4, -0.2) is 25.5 Å². The Labute approximate surface area is 116 Å². The van der Waals surface area contributed by atoms with Crippen molar-refractivity contribution >= 4 is 9.84 Å². The van der Waals surface area contributed by atoms with Gasteiger partial charge in [-0.25, -0.2) is 8.42 Å². The third kappa shape index (κ3) is 3.57. The number of rotatable bonds is 4. The average Bonchev–Trinajstić information content (AvgIpc) is 2.39. The summed E-state index contributed by atoms with van der Waals surface area (Å²) in [5, 5.41) is -0.355. The molecule has 1 aliphatic heterocycles. The summed E-state index contributed by atoms with van der Waals surface area (Å²) in [5.41, 5.74) is 8.57. The van der Waals surface area contributed by atoms with Gasteiger partial charge in [-0.1, -0.05) is 37.6 Å². The minimum atomic E-state index is -2.98. The molecule has 1 fully saturated rings. The van der Waals surface area contributed by atoms with Gasteiger partial charge in [0.2, 0.25) is 0 Å². The van der Waals surface area contributed by atoms with Crippen LogP contribution in [0.5, 0.6) is 0 Å². The van der Waals surface area contributed by atoms with Crippen molar-refractivity contribution in [3.8, 4) is 0 Å². The molecule has 0 aromatic heterocycles. The largest absolute Gasteiger partial charge is 0.326 e. The standard InChI is InChI=1S/C15H23NO2S/c1-2-12-6-8-13(9-7-12)11-14(16)15-5-3-4-10-19(15,17)18/h6-9,14-15H,2-5,10-11,16H2,1H3. The van der Waals surface area contributed by atoms with Crippen molar-refractivity contribution in [2.75, 3.05) is 5.75 Å². The van der Waals surface area contributed by atoms with Crippen LogP contribution in [0, 0.1) is 0 Å². The van der Waals surface area contributed by atoms with Crippen LogP contribution in [0.4, 0.5) is 0 Å². The highest BCUT2D eigenvalue weighted by Gasteiger charge is 2.33. The Balaban J connectivity index is 2.05. The molecular formula is C15H23NO2S. The van der Waals surface area contributed by atoms with Crippen molar-refractivity contribution in [2.24, 2.45) is 5.73 Å². The van der Waals surface area contributed by atoms with Gasteiger partial charge in [0.1, 0.15) is 0 Å². The third-order valence-corrected chi connectivity index (χ3v) is 6.37. The van der Waals surface area contributed by atoms with Crippen LogP contribution in [0.15, 0.2) is 24.3 Å². The summed E-state index contributed by atoms with van der Waals surface area (Å²) in [7, 11) is -2.98. The Morgan fingerprint density at radius 2 is 1.84 bits per heavy atom. The van der Waals surface area contributed by atoms with Gasteiger partial charge in [0.25, 0.3) is 0 Å². The van der Waals surface area contributed by atoms with Crippen molar-refractivity contribution in [3.63, 3.8) is 0 Å². The van der Waals surface area contributed by atoms with Crippen LogP contribution in [0.1, 0.15) is 37.3 Å². The molecule has 0 spiro atoms. The number of hydrogen-bond donors (Lipinski definition) is 1. The first-order valence-corrected chi connectivity index (χ1v) is 8.79. The Morgan fingerprint density at radius 3 is 2.42 bits per heavy atom. The van der Waals surface area contributed by atoms with Crippen LogP contribution in [-0.2, 0) is 22.7 Å². The molecule has 2 rings (SSSR count). The second kappa shape index (κ2) is 6.06. The first-order chi connectivity index (χ1) is 9.03. The smallest absolute Gasteiger partial charge is 0.154 e. The Bertz CT molecular complexity index is 507. The van der Waals surface area contributed by atoms with E-state index in [2.05, 4.69) is 31.2 Å². The lowest BCUT2D eigenvalue weighted by Crippen LogP contribution is -2.44. The molecule has 19 heavy (non-hydrogen) atoms. The van der Waals surface area contributed by atoms with Crippen LogP contribution in [0.2, 0.25) is 0 Å². The van der Waals surface area contributed by atoms with E-state index in [-0.39, 0.29) is 11.3 Å². The van der Waals surface area contributed by atoms with Crippen LogP contribution >= 0.6 is 0 Å². The van der Waals surface area contributed by atoms with E-state index in [9.17, 15) is 8.42 Å². The van der Waals surface area contributed by atoms with Crippen LogP contribution in [0.25, 0.3) is 0 Å². The second-order valence-electron chi connectivity index (χ2n) is 5.44. The fraction of sp³-hybridized carbons (Fsp3) is 0.600.